The highest BCUT2D eigenvalue weighted by Gasteiger charge is 2.27. The second kappa shape index (κ2) is 5.03. The van der Waals surface area contributed by atoms with E-state index in [1.54, 1.807) is 12.3 Å². The summed E-state index contributed by atoms with van der Waals surface area (Å²) in [4.78, 5) is 0. The molecular weight excluding hydrogens is 302 g/mol. The van der Waals surface area contributed by atoms with Gasteiger partial charge in [-0.2, -0.15) is 0 Å². The molecule has 3 aromatic carbocycles. The van der Waals surface area contributed by atoms with Gasteiger partial charge in [0, 0.05) is 21.3 Å². The molecule has 0 fully saturated rings. The first kappa shape index (κ1) is 11.6. The van der Waals surface area contributed by atoms with Crippen LogP contribution in [0, 0.1) is 13.8 Å². The molecule has 0 saturated carbocycles. The quantitative estimate of drug-likeness (QED) is 0.353. The van der Waals surface area contributed by atoms with Gasteiger partial charge in [0.25, 0.3) is 0 Å². The molecule has 0 saturated heterocycles. The van der Waals surface area contributed by atoms with Crippen molar-refractivity contribution in [2.45, 2.75) is 13.8 Å². The van der Waals surface area contributed by atoms with Crippen molar-refractivity contribution in [2.75, 3.05) is 0 Å². The summed E-state index contributed by atoms with van der Waals surface area (Å²) in [5.74, 6) is 0. The second-order valence-electron chi connectivity index (χ2n) is 6.80. The molecule has 1 aromatic heterocycles. The molecule has 0 aliphatic heterocycles. The average molecular weight is 325 g/mol. The fraction of sp³-hybridized carbons (Fsp3) is 0.125. The predicted molar refractivity (Wildman–Crippen MR) is 104 cm³/mol. The lowest BCUT2D eigenvalue weighted by molar-refractivity contribution is -0.660. The zero-order valence-electron chi connectivity index (χ0n) is 17.3. The van der Waals surface area contributed by atoms with E-state index in [9.17, 15) is 0 Å². The maximum atomic E-state index is 7.69. The van der Waals surface area contributed by atoms with Crippen molar-refractivity contribution in [3.8, 4) is 33.5 Å². The number of aryl methyl sites for hydroxylation is 3. The summed E-state index contributed by atoms with van der Waals surface area (Å²) >= 11 is 0. The molecule has 4 aromatic rings. The lowest BCUT2D eigenvalue weighted by Gasteiger charge is -2.12. The van der Waals surface area contributed by atoms with Crippen LogP contribution in [0.25, 0.3) is 44.3 Å². The molecule has 0 bridgehead atoms. The minimum atomic E-state index is -2.11. The monoisotopic (exact) mass is 325 g/mol. The van der Waals surface area contributed by atoms with Crippen molar-refractivity contribution in [3.63, 3.8) is 0 Å². The minimum absolute atomic E-state index is 0.356. The topological polar surface area (TPSA) is 3.88 Å². The molecule has 0 atom stereocenters. The van der Waals surface area contributed by atoms with Crippen LogP contribution in [-0.2, 0) is 7.05 Å². The van der Waals surface area contributed by atoms with Crippen molar-refractivity contribution in [2.24, 2.45) is 7.05 Å². The summed E-state index contributed by atoms with van der Waals surface area (Å²) in [7, 11) is 1.92. The van der Waals surface area contributed by atoms with E-state index >= 15 is 0 Å². The summed E-state index contributed by atoms with van der Waals surface area (Å²) in [6, 6.07) is 21.0. The van der Waals surface area contributed by atoms with Gasteiger partial charge in [-0.3, -0.25) is 0 Å². The normalized spacial score (nSPS) is 14.1. The Labute approximate surface area is 152 Å². The number of pyridine rings is 1. The van der Waals surface area contributed by atoms with Crippen LogP contribution in [0.15, 0.2) is 66.9 Å². The molecule has 1 heteroatoms. The van der Waals surface area contributed by atoms with Crippen LogP contribution in [0.2, 0.25) is 0 Å². The lowest BCUT2D eigenvalue weighted by Crippen LogP contribution is -2.31. The Bertz CT molecular complexity index is 1260. The zero-order chi connectivity index (χ0) is 19.6. The summed E-state index contributed by atoms with van der Waals surface area (Å²) < 4.78 is 25.0. The molecule has 1 heterocycles. The summed E-state index contributed by atoms with van der Waals surface area (Å²) in [5.41, 5.74) is 8.73. The van der Waals surface area contributed by atoms with Gasteiger partial charge < -0.3 is 0 Å². The number of nitrogens with zero attached hydrogens (tertiary/aromatic N) is 1. The Morgan fingerprint density at radius 2 is 1.60 bits per heavy atom. The molecule has 0 unspecified atom stereocenters. The van der Waals surface area contributed by atoms with E-state index in [1.807, 2.05) is 17.7 Å². The van der Waals surface area contributed by atoms with Crippen LogP contribution in [-0.4, -0.2) is 0 Å². The summed E-state index contributed by atoms with van der Waals surface area (Å²) in [6.45, 7) is 0.0161. The molecule has 0 amide bonds. The van der Waals surface area contributed by atoms with E-state index in [-0.39, 0.29) is 0 Å². The minimum Gasteiger partial charge on any atom is -0.201 e. The van der Waals surface area contributed by atoms with Gasteiger partial charge in [-0.25, -0.2) is 4.57 Å². The van der Waals surface area contributed by atoms with Crippen molar-refractivity contribution in [1.29, 1.82) is 0 Å². The number of aromatic nitrogens is 1. The van der Waals surface area contributed by atoms with E-state index in [2.05, 4.69) is 55.5 Å². The van der Waals surface area contributed by atoms with Gasteiger partial charge in [0.05, 0.1) is 5.56 Å². The maximum absolute atomic E-state index is 7.69. The standard InChI is InChI=1S/C24H20N/c1-15-10-13-21(25(3)14-15)22-16(2)11-12-19-18-8-4-6-17-7-5-9-20(23(17)18)24(19)22/h4-14H,1-3H3/q+1/i1D3. The van der Waals surface area contributed by atoms with Gasteiger partial charge in [-0.05, 0) is 52.9 Å². The van der Waals surface area contributed by atoms with Gasteiger partial charge in [0.2, 0.25) is 5.69 Å². The Hall–Kier alpha value is -2.93. The fourth-order valence-corrected chi connectivity index (χ4v) is 4.18. The first-order valence-electron chi connectivity index (χ1n) is 10.0. The number of hydrogen-bond acceptors (Lipinski definition) is 0. The highest BCUT2D eigenvalue weighted by Crippen LogP contribution is 2.51. The van der Waals surface area contributed by atoms with Gasteiger partial charge >= 0.3 is 0 Å². The van der Waals surface area contributed by atoms with E-state index in [1.165, 1.54) is 44.2 Å². The van der Waals surface area contributed by atoms with Gasteiger partial charge in [0.15, 0.2) is 6.20 Å². The molecule has 5 rings (SSSR count). The third-order valence-corrected chi connectivity index (χ3v) is 5.27. The summed E-state index contributed by atoms with van der Waals surface area (Å²) in [6.07, 6.45) is 1.73. The highest BCUT2D eigenvalue weighted by atomic mass is 14.9. The Morgan fingerprint density at radius 3 is 2.36 bits per heavy atom. The SMILES string of the molecule is [2H]C([2H])([2H])c1ccc(-c2c(C)ccc3c2-c2cccc4cccc-3c24)[n+](C)c1. The van der Waals surface area contributed by atoms with Crippen LogP contribution >= 0.6 is 0 Å². The summed E-state index contributed by atoms with van der Waals surface area (Å²) in [5, 5.41) is 2.55. The Kier molecular flexibility index (Phi) is 2.33. The highest BCUT2D eigenvalue weighted by molar-refractivity contribution is 6.18. The largest absolute Gasteiger partial charge is 0.213 e. The number of benzene rings is 3. The van der Waals surface area contributed by atoms with Gasteiger partial charge in [-0.1, -0.05) is 48.5 Å². The molecule has 0 N–H and O–H groups in total. The zero-order valence-corrected chi connectivity index (χ0v) is 14.3. The van der Waals surface area contributed by atoms with Gasteiger partial charge in [0.1, 0.15) is 7.05 Å². The average Bonchev–Trinajstić information content (AvgIpc) is 2.98. The van der Waals surface area contributed by atoms with Crippen LogP contribution in [0.3, 0.4) is 0 Å². The molecule has 1 nitrogen and oxygen atoms in total. The molecule has 25 heavy (non-hydrogen) atoms. The Balaban J connectivity index is 1.83. The van der Waals surface area contributed by atoms with Crippen LogP contribution in [0.4, 0.5) is 0 Å². The van der Waals surface area contributed by atoms with E-state index in [0.29, 0.717) is 5.56 Å². The fourth-order valence-electron chi connectivity index (χ4n) is 4.18. The third kappa shape index (κ3) is 1.93. The van der Waals surface area contributed by atoms with Crippen LogP contribution in [0.1, 0.15) is 15.2 Å². The van der Waals surface area contributed by atoms with Crippen molar-refractivity contribution in [1.82, 2.24) is 0 Å². The maximum Gasteiger partial charge on any atom is 0.213 e. The van der Waals surface area contributed by atoms with E-state index in [4.69, 9.17) is 4.11 Å². The molecule has 1 aliphatic rings. The van der Waals surface area contributed by atoms with Crippen molar-refractivity contribution in [3.05, 3.63) is 78.0 Å². The van der Waals surface area contributed by atoms with E-state index < -0.39 is 6.85 Å². The second-order valence-corrected chi connectivity index (χ2v) is 6.80. The van der Waals surface area contributed by atoms with Crippen molar-refractivity contribution >= 4 is 10.8 Å². The first-order chi connectivity index (χ1) is 13.4. The molecule has 0 radical (unpaired) electrons. The number of rotatable bonds is 1. The molecule has 0 spiro atoms. The van der Waals surface area contributed by atoms with E-state index in [0.717, 1.165) is 5.69 Å². The van der Waals surface area contributed by atoms with Crippen LogP contribution < -0.4 is 4.57 Å². The van der Waals surface area contributed by atoms with Crippen molar-refractivity contribution < 1.29 is 8.68 Å². The predicted octanol–water partition coefficient (Wildman–Crippen LogP) is 5.60. The number of fused-ring (bicyclic) bond motifs is 3. The van der Waals surface area contributed by atoms with Gasteiger partial charge in [-0.15, -0.1) is 0 Å². The lowest BCUT2D eigenvalue weighted by atomic mass is 9.91. The third-order valence-electron chi connectivity index (χ3n) is 5.27. The molecule has 1 aliphatic carbocycles. The number of hydrogen-bond donors (Lipinski definition) is 0. The molecule has 120 valence electrons. The smallest absolute Gasteiger partial charge is 0.201 e. The first-order valence-corrected chi connectivity index (χ1v) is 8.53. The molecular formula is C24H20N+. The van der Waals surface area contributed by atoms with Crippen LogP contribution in [0.5, 0.6) is 0 Å². The Morgan fingerprint density at radius 1 is 0.800 bits per heavy atom.